The third-order valence-corrected chi connectivity index (χ3v) is 2.49. The molecule has 1 heterocycles. The number of halogens is 2. The average molecular weight is 286 g/mol. The van der Waals surface area contributed by atoms with Gasteiger partial charge in [0.25, 0.3) is 0 Å². The Morgan fingerprint density at radius 3 is 2.44 bits per heavy atom. The lowest BCUT2D eigenvalue weighted by molar-refractivity contribution is 0.358. The Hall–Kier alpha value is -1.59. The number of nitrogens with zero attached hydrogens (tertiary/aromatic N) is 3. The second-order valence-electron chi connectivity index (χ2n) is 3.39. The Labute approximate surface area is 114 Å². The van der Waals surface area contributed by atoms with Gasteiger partial charge in [0.1, 0.15) is 5.75 Å². The third kappa shape index (κ3) is 3.00. The highest BCUT2D eigenvalue weighted by molar-refractivity contribution is 6.30. The van der Waals surface area contributed by atoms with Gasteiger partial charge in [-0.15, -0.1) is 4.98 Å². The number of ether oxygens (including phenoxy) is 2. The first-order chi connectivity index (χ1) is 8.58. The van der Waals surface area contributed by atoms with E-state index in [1.165, 1.54) is 7.11 Å². The van der Waals surface area contributed by atoms with Gasteiger partial charge in [0.2, 0.25) is 5.28 Å². The van der Waals surface area contributed by atoms with Crippen molar-refractivity contribution in [3.8, 4) is 17.8 Å². The second kappa shape index (κ2) is 5.37. The fraction of sp³-hybridized carbons (Fsp3) is 0.182. The molecule has 0 fully saturated rings. The maximum absolute atomic E-state index is 5.85. The molecule has 0 N–H and O–H groups in total. The van der Waals surface area contributed by atoms with Gasteiger partial charge in [0, 0.05) is 5.02 Å². The number of hydrogen-bond acceptors (Lipinski definition) is 5. The van der Waals surface area contributed by atoms with Crippen LogP contribution in [0.5, 0.6) is 17.8 Å². The predicted octanol–water partition coefficient (Wildman–Crippen LogP) is 3.29. The van der Waals surface area contributed by atoms with Crippen LogP contribution in [0.2, 0.25) is 10.3 Å². The van der Waals surface area contributed by atoms with Gasteiger partial charge in [-0.25, -0.2) is 0 Å². The molecule has 0 aliphatic rings. The quantitative estimate of drug-likeness (QED) is 0.866. The topological polar surface area (TPSA) is 57.1 Å². The van der Waals surface area contributed by atoms with Gasteiger partial charge in [-0.2, -0.15) is 9.97 Å². The molecule has 5 nitrogen and oxygen atoms in total. The number of aryl methyl sites for hydroxylation is 1. The largest absolute Gasteiger partial charge is 0.467 e. The Bertz CT molecular complexity index is 578. The minimum Gasteiger partial charge on any atom is -0.467 e. The molecular weight excluding hydrogens is 277 g/mol. The van der Waals surface area contributed by atoms with Crippen LogP contribution in [0, 0.1) is 6.92 Å². The zero-order valence-corrected chi connectivity index (χ0v) is 11.2. The van der Waals surface area contributed by atoms with Crippen molar-refractivity contribution in [2.75, 3.05) is 7.11 Å². The summed E-state index contributed by atoms with van der Waals surface area (Å²) in [5.74, 6) is 0.587. The Balaban J connectivity index is 2.30. The summed E-state index contributed by atoms with van der Waals surface area (Å²) in [5.41, 5.74) is 0.859. The molecule has 2 rings (SSSR count). The van der Waals surface area contributed by atoms with Crippen LogP contribution in [-0.4, -0.2) is 22.1 Å². The molecule has 94 valence electrons. The number of hydrogen-bond donors (Lipinski definition) is 0. The van der Waals surface area contributed by atoms with Crippen LogP contribution in [0.3, 0.4) is 0 Å². The Morgan fingerprint density at radius 2 is 1.78 bits per heavy atom. The summed E-state index contributed by atoms with van der Waals surface area (Å²) in [6.45, 7) is 1.86. The molecule has 0 atom stereocenters. The summed E-state index contributed by atoms with van der Waals surface area (Å²) in [7, 11) is 1.43. The summed E-state index contributed by atoms with van der Waals surface area (Å²) in [5, 5.41) is 0.634. The molecule has 1 aromatic heterocycles. The first-order valence-corrected chi connectivity index (χ1v) is 5.73. The van der Waals surface area contributed by atoms with E-state index in [1.807, 2.05) is 6.92 Å². The van der Waals surface area contributed by atoms with Crippen molar-refractivity contribution in [1.82, 2.24) is 15.0 Å². The number of rotatable bonds is 3. The molecule has 0 amide bonds. The molecule has 2 aromatic rings. The van der Waals surface area contributed by atoms with E-state index in [0.717, 1.165) is 5.56 Å². The third-order valence-electron chi connectivity index (χ3n) is 2.09. The number of aromatic nitrogens is 3. The molecule has 0 bridgehead atoms. The van der Waals surface area contributed by atoms with Crippen molar-refractivity contribution in [2.24, 2.45) is 0 Å². The summed E-state index contributed by atoms with van der Waals surface area (Å²) < 4.78 is 10.4. The first kappa shape index (κ1) is 12.9. The second-order valence-corrected chi connectivity index (χ2v) is 4.16. The van der Waals surface area contributed by atoms with Gasteiger partial charge in [-0.1, -0.05) is 11.6 Å². The van der Waals surface area contributed by atoms with Gasteiger partial charge < -0.3 is 9.47 Å². The van der Waals surface area contributed by atoms with Crippen molar-refractivity contribution in [2.45, 2.75) is 6.92 Å². The lowest BCUT2D eigenvalue weighted by atomic mass is 10.2. The maximum atomic E-state index is 5.85. The van der Waals surface area contributed by atoms with Crippen molar-refractivity contribution < 1.29 is 9.47 Å². The molecule has 18 heavy (non-hydrogen) atoms. The zero-order chi connectivity index (χ0) is 13.1. The van der Waals surface area contributed by atoms with Crippen molar-refractivity contribution >= 4 is 23.2 Å². The Kier molecular flexibility index (Phi) is 3.84. The monoisotopic (exact) mass is 285 g/mol. The van der Waals surface area contributed by atoms with E-state index in [-0.39, 0.29) is 17.3 Å². The van der Waals surface area contributed by atoms with Crippen molar-refractivity contribution in [3.63, 3.8) is 0 Å². The van der Waals surface area contributed by atoms with E-state index >= 15 is 0 Å². The zero-order valence-electron chi connectivity index (χ0n) is 9.65. The van der Waals surface area contributed by atoms with Gasteiger partial charge >= 0.3 is 12.0 Å². The Morgan fingerprint density at radius 1 is 1.06 bits per heavy atom. The summed E-state index contributed by atoms with van der Waals surface area (Å²) >= 11 is 11.6. The molecule has 0 aliphatic heterocycles. The molecule has 0 saturated heterocycles. The lowest BCUT2D eigenvalue weighted by Gasteiger charge is -2.07. The summed E-state index contributed by atoms with van der Waals surface area (Å²) in [6.07, 6.45) is 0. The molecular formula is C11H9Cl2N3O2. The summed E-state index contributed by atoms with van der Waals surface area (Å²) in [6, 6.07) is 5.37. The molecule has 0 unspecified atom stereocenters. The van der Waals surface area contributed by atoms with Crippen LogP contribution < -0.4 is 9.47 Å². The van der Waals surface area contributed by atoms with Gasteiger partial charge in [-0.05, 0) is 42.3 Å². The predicted molar refractivity (Wildman–Crippen MR) is 67.7 cm³/mol. The molecule has 0 saturated carbocycles. The standard InChI is InChI=1S/C11H9Cl2N3O2/c1-6-5-7(12)3-4-8(6)18-11-15-9(13)14-10(16-11)17-2/h3-5H,1-2H3. The normalized spacial score (nSPS) is 10.2. The molecule has 0 spiro atoms. The van der Waals surface area contributed by atoms with Crippen molar-refractivity contribution in [3.05, 3.63) is 34.1 Å². The fourth-order valence-corrected chi connectivity index (χ4v) is 1.65. The maximum Gasteiger partial charge on any atom is 0.329 e. The van der Waals surface area contributed by atoms with E-state index in [1.54, 1.807) is 18.2 Å². The lowest BCUT2D eigenvalue weighted by Crippen LogP contribution is -1.99. The highest BCUT2D eigenvalue weighted by Crippen LogP contribution is 2.26. The SMILES string of the molecule is COc1nc(Cl)nc(Oc2ccc(Cl)cc2C)n1. The van der Waals surface area contributed by atoms with E-state index in [4.69, 9.17) is 32.7 Å². The van der Waals surface area contributed by atoms with Crippen LogP contribution in [0.25, 0.3) is 0 Å². The summed E-state index contributed by atoms with van der Waals surface area (Å²) in [4.78, 5) is 11.5. The van der Waals surface area contributed by atoms with Crippen LogP contribution in [0.15, 0.2) is 18.2 Å². The smallest absolute Gasteiger partial charge is 0.329 e. The average Bonchev–Trinajstić information content (AvgIpc) is 2.32. The molecule has 0 aliphatic carbocycles. The fourth-order valence-electron chi connectivity index (χ4n) is 1.28. The number of methoxy groups -OCH3 is 1. The minimum absolute atomic E-state index is 0.00321. The van der Waals surface area contributed by atoms with Crippen LogP contribution in [0.1, 0.15) is 5.56 Å². The van der Waals surface area contributed by atoms with E-state index in [9.17, 15) is 0 Å². The first-order valence-electron chi connectivity index (χ1n) is 4.98. The van der Waals surface area contributed by atoms with Crippen LogP contribution >= 0.6 is 23.2 Å². The van der Waals surface area contributed by atoms with Crippen LogP contribution in [0.4, 0.5) is 0 Å². The van der Waals surface area contributed by atoms with Gasteiger partial charge in [0.05, 0.1) is 7.11 Å². The van der Waals surface area contributed by atoms with E-state index in [0.29, 0.717) is 10.8 Å². The molecule has 1 aromatic carbocycles. The van der Waals surface area contributed by atoms with Crippen molar-refractivity contribution in [1.29, 1.82) is 0 Å². The number of benzene rings is 1. The minimum atomic E-state index is 0.00321. The van der Waals surface area contributed by atoms with Crippen LogP contribution in [-0.2, 0) is 0 Å². The highest BCUT2D eigenvalue weighted by Gasteiger charge is 2.09. The highest BCUT2D eigenvalue weighted by atomic mass is 35.5. The van der Waals surface area contributed by atoms with E-state index < -0.39 is 0 Å². The molecule has 0 radical (unpaired) electrons. The van der Waals surface area contributed by atoms with Gasteiger partial charge in [-0.3, -0.25) is 0 Å². The van der Waals surface area contributed by atoms with Gasteiger partial charge in [0.15, 0.2) is 0 Å². The molecule has 7 heteroatoms. The van der Waals surface area contributed by atoms with E-state index in [2.05, 4.69) is 15.0 Å².